The minimum absolute atomic E-state index is 0.199. The minimum Gasteiger partial charge on any atom is -0.368 e. The van der Waals surface area contributed by atoms with E-state index in [1.165, 1.54) is 0 Å². The fourth-order valence-corrected chi connectivity index (χ4v) is 1.93. The van der Waals surface area contributed by atoms with Gasteiger partial charge in [-0.3, -0.25) is 0 Å². The zero-order chi connectivity index (χ0) is 13.3. The number of anilines is 1. The number of rotatable bonds is 2. The monoisotopic (exact) mass is 326 g/mol. The molecule has 0 bridgehead atoms. The predicted molar refractivity (Wildman–Crippen MR) is 76.5 cm³/mol. The van der Waals surface area contributed by atoms with Gasteiger partial charge in [0.25, 0.3) is 0 Å². The van der Waals surface area contributed by atoms with E-state index in [2.05, 4.69) is 30.9 Å². The van der Waals surface area contributed by atoms with Crippen molar-refractivity contribution in [1.82, 2.24) is 15.0 Å². The van der Waals surface area contributed by atoms with Crippen molar-refractivity contribution < 1.29 is 0 Å². The molecule has 4 nitrogen and oxygen atoms in total. The molecule has 0 aliphatic rings. The van der Waals surface area contributed by atoms with Crippen molar-refractivity contribution in [3.05, 3.63) is 33.5 Å². The Labute approximate surface area is 119 Å². The van der Waals surface area contributed by atoms with Gasteiger partial charge in [-0.2, -0.15) is 9.97 Å². The maximum atomic E-state index is 5.96. The topological polar surface area (TPSA) is 64.7 Å². The molecule has 0 aliphatic heterocycles. The molecule has 0 atom stereocenters. The quantitative estimate of drug-likeness (QED) is 0.914. The van der Waals surface area contributed by atoms with Crippen molar-refractivity contribution in [3.8, 4) is 11.4 Å². The molecule has 0 amide bonds. The Kier molecular flexibility index (Phi) is 3.82. The summed E-state index contributed by atoms with van der Waals surface area (Å²) in [6.07, 6.45) is 0. The lowest BCUT2D eigenvalue weighted by atomic mass is 10.2. The highest BCUT2D eigenvalue weighted by molar-refractivity contribution is 9.10. The van der Waals surface area contributed by atoms with Gasteiger partial charge in [-0.1, -0.05) is 25.4 Å². The van der Waals surface area contributed by atoms with Gasteiger partial charge >= 0.3 is 0 Å². The van der Waals surface area contributed by atoms with Crippen LogP contribution in [0.15, 0.2) is 22.7 Å². The zero-order valence-corrected chi connectivity index (χ0v) is 12.3. The fraction of sp³-hybridized carbons (Fsp3) is 0.250. The van der Waals surface area contributed by atoms with Crippen molar-refractivity contribution in [2.24, 2.45) is 0 Å². The zero-order valence-electron chi connectivity index (χ0n) is 9.98. The van der Waals surface area contributed by atoms with Gasteiger partial charge in [-0.15, -0.1) is 0 Å². The summed E-state index contributed by atoms with van der Waals surface area (Å²) in [5.74, 6) is 1.67. The Morgan fingerprint density at radius 1 is 1.22 bits per heavy atom. The second kappa shape index (κ2) is 5.20. The van der Waals surface area contributed by atoms with E-state index in [0.29, 0.717) is 16.7 Å². The Bertz CT molecular complexity index is 586. The van der Waals surface area contributed by atoms with E-state index < -0.39 is 0 Å². The molecule has 0 unspecified atom stereocenters. The summed E-state index contributed by atoms with van der Waals surface area (Å²) in [6.45, 7) is 4.02. The Morgan fingerprint density at radius 2 is 1.94 bits per heavy atom. The average Bonchev–Trinajstić information content (AvgIpc) is 2.31. The van der Waals surface area contributed by atoms with E-state index in [9.17, 15) is 0 Å². The van der Waals surface area contributed by atoms with E-state index in [0.717, 1.165) is 10.0 Å². The van der Waals surface area contributed by atoms with Crippen LogP contribution in [0.25, 0.3) is 11.4 Å². The van der Waals surface area contributed by atoms with Gasteiger partial charge in [0.15, 0.2) is 5.82 Å². The number of aromatic nitrogens is 3. The SMILES string of the molecule is CC(C)c1nc(N)nc(-c2ccc(Cl)c(Br)c2)n1. The summed E-state index contributed by atoms with van der Waals surface area (Å²) in [4.78, 5) is 12.7. The summed E-state index contributed by atoms with van der Waals surface area (Å²) >= 11 is 9.33. The van der Waals surface area contributed by atoms with E-state index in [1.54, 1.807) is 6.07 Å². The first-order chi connectivity index (χ1) is 8.47. The highest BCUT2D eigenvalue weighted by atomic mass is 79.9. The molecular formula is C12H12BrClN4. The Balaban J connectivity index is 2.53. The van der Waals surface area contributed by atoms with Gasteiger partial charge in [0, 0.05) is 16.0 Å². The standard InChI is InChI=1S/C12H12BrClN4/c1-6(2)10-16-11(18-12(15)17-10)7-3-4-9(14)8(13)5-7/h3-6H,1-2H3,(H2,15,16,17,18). The molecule has 6 heteroatoms. The van der Waals surface area contributed by atoms with Gasteiger partial charge in [0.05, 0.1) is 5.02 Å². The van der Waals surface area contributed by atoms with Crippen LogP contribution in [0.5, 0.6) is 0 Å². The van der Waals surface area contributed by atoms with Gasteiger partial charge in [0.2, 0.25) is 5.95 Å². The molecule has 0 saturated carbocycles. The third-order valence-electron chi connectivity index (χ3n) is 2.36. The summed E-state index contributed by atoms with van der Waals surface area (Å²) in [5, 5.41) is 0.643. The molecule has 2 rings (SSSR count). The van der Waals surface area contributed by atoms with Crippen LogP contribution in [0.3, 0.4) is 0 Å². The smallest absolute Gasteiger partial charge is 0.223 e. The van der Waals surface area contributed by atoms with Gasteiger partial charge in [0.1, 0.15) is 5.82 Å². The molecule has 1 aromatic carbocycles. The molecule has 0 fully saturated rings. The van der Waals surface area contributed by atoms with Gasteiger partial charge in [-0.25, -0.2) is 4.98 Å². The molecule has 2 N–H and O–H groups in total. The van der Waals surface area contributed by atoms with Crippen molar-refractivity contribution >= 4 is 33.5 Å². The number of halogens is 2. The minimum atomic E-state index is 0.199. The van der Waals surface area contributed by atoms with Crippen LogP contribution in [0, 0.1) is 0 Å². The maximum Gasteiger partial charge on any atom is 0.223 e. The first kappa shape index (κ1) is 13.2. The van der Waals surface area contributed by atoms with Crippen molar-refractivity contribution in [2.45, 2.75) is 19.8 Å². The summed E-state index contributed by atoms with van der Waals surface area (Å²) in [7, 11) is 0. The van der Waals surface area contributed by atoms with E-state index >= 15 is 0 Å². The summed E-state index contributed by atoms with van der Waals surface area (Å²) in [6, 6.07) is 5.50. The summed E-state index contributed by atoms with van der Waals surface area (Å²) in [5.41, 5.74) is 6.55. The van der Waals surface area contributed by atoms with Crippen LogP contribution in [0.2, 0.25) is 5.02 Å². The van der Waals surface area contributed by atoms with Crippen LogP contribution >= 0.6 is 27.5 Å². The largest absolute Gasteiger partial charge is 0.368 e. The third kappa shape index (κ3) is 2.79. The number of benzene rings is 1. The van der Waals surface area contributed by atoms with Crippen LogP contribution in [-0.2, 0) is 0 Å². The van der Waals surface area contributed by atoms with Gasteiger partial charge < -0.3 is 5.73 Å². The molecule has 1 heterocycles. The molecule has 1 aromatic heterocycles. The second-order valence-electron chi connectivity index (χ2n) is 4.16. The van der Waals surface area contributed by atoms with Crippen molar-refractivity contribution in [2.75, 3.05) is 5.73 Å². The predicted octanol–water partition coefficient (Wildman–Crippen LogP) is 3.66. The van der Waals surface area contributed by atoms with Gasteiger partial charge in [-0.05, 0) is 34.1 Å². The number of nitrogens with two attached hydrogens (primary N) is 1. The molecule has 94 valence electrons. The van der Waals surface area contributed by atoms with E-state index in [1.807, 2.05) is 26.0 Å². The van der Waals surface area contributed by atoms with E-state index in [4.69, 9.17) is 17.3 Å². The molecule has 2 aromatic rings. The van der Waals surface area contributed by atoms with Crippen LogP contribution < -0.4 is 5.73 Å². The second-order valence-corrected chi connectivity index (χ2v) is 5.42. The third-order valence-corrected chi connectivity index (χ3v) is 3.58. The Morgan fingerprint density at radius 3 is 2.56 bits per heavy atom. The summed E-state index contributed by atoms with van der Waals surface area (Å²) < 4.78 is 0.798. The highest BCUT2D eigenvalue weighted by Gasteiger charge is 2.10. The Hall–Kier alpha value is -1.20. The molecule has 0 saturated heterocycles. The fourth-order valence-electron chi connectivity index (χ4n) is 1.43. The van der Waals surface area contributed by atoms with Crippen LogP contribution in [-0.4, -0.2) is 15.0 Å². The molecule has 0 radical (unpaired) electrons. The number of nitrogen functional groups attached to an aromatic ring is 1. The first-order valence-electron chi connectivity index (χ1n) is 5.44. The van der Waals surface area contributed by atoms with Crippen molar-refractivity contribution in [1.29, 1.82) is 0 Å². The van der Waals surface area contributed by atoms with Crippen LogP contribution in [0.1, 0.15) is 25.6 Å². The lowest BCUT2D eigenvalue weighted by molar-refractivity contribution is 0.767. The molecule has 18 heavy (non-hydrogen) atoms. The number of nitrogens with zero attached hydrogens (tertiary/aromatic N) is 3. The first-order valence-corrected chi connectivity index (χ1v) is 6.61. The molecule has 0 spiro atoms. The number of hydrogen-bond acceptors (Lipinski definition) is 4. The lowest BCUT2D eigenvalue weighted by Gasteiger charge is -2.07. The maximum absolute atomic E-state index is 5.96. The average molecular weight is 328 g/mol. The lowest BCUT2D eigenvalue weighted by Crippen LogP contribution is -2.06. The normalized spacial score (nSPS) is 10.9. The number of hydrogen-bond donors (Lipinski definition) is 1. The molecular weight excluding hydrogens is 316 g/mol. The van der Waals surface area contributed by atoms with E-state index in [-0.39, 0.29) is 11.9 Å². The highest BCUT2D eigenvalue weighted by Crippen LogP contribution is 2.27. The van der Waals surface area contributed by atoms with Crippen molar-refractivity contribution in [3.63, 3.8) is 0 Å². The molecule has 0 aliphatic carbocycles. The van der Waals surface area contributed by atoms with Crippen LogP contribution in [0.4, 0.5) is 5.95 Å².